The molecule has 1 saturated heterocycles. The second-order valence-corrected chi connectivity index (χ2v) is 7.55. The summed E-state index contributed by atoms with van der Waals surface area (Å²) in [5.74, 6) is -0.354. The van der Waals surface area contributed by atoms with E-state index >= 15 is 0 Å². The minimum absolute atomic E-state index is 0.165. The van der Waals surface area contributed by atoms with Crippen LogP contribution in [0.5, 0.6) is 11.5 Å². The highest BCUT2D eigenvalue weighted by Gasteiger charge is 2.48. The monoisotopic (exact) mass is 377 g/mol. The van der Waals surface area contributed by atoms with Crippen LogP contribution in [0.15, 0.2) is 18.2 Å². The lowest BCUT2D eigenvalue weighted by Crippen LogP contribution is -2.46. The van der Waals surface area contributed by atoms with Crippen LogP contribution in [0.3, 0.4) is 0 Å². The summed E-state index contributed by atoms with van der Waals surface area (Å²) in [7, 11) is 1.23. The fourth-order valence-corrected chi connectivity index (χ4v) is 3.22. The molecular formula is C19H23NO7. The van der Waals surface area contributed by atoms with Gasteiger partial charge in [-0.05, 0) is 51.3 Å². The molecule has 0 aromatic heterocycles. The largest absolute Gasteiger partial charge is 0.467 e. The molecule has 2 atom stereocenters. The zero-order valence-corrected chi connectivity index (χ0v) is 15.8. The standard InChI is InChI=1S/C19H23NO7/c1-19(2,3)27-18(23)20-13(17(22)24-4)9-12(16(20)21)7-11-5-6-14-15(8-11)26-10-25-14/h5-6,8,12-13H,7,9-10H2,1-4H3. The van der Waals surface area contributed by atoms with Crippen molar-refractivity contribution in [1.82, 2.24) is 4.90 Å². The molecular weight excluding hydrogens is 354 g/mol. The number of rotatable bonds is 3. The molecule has 2 aliphatic heterocycles. The Morgan fingerprint density at radius 1 is 1.22 bits per heavy atom. The molecule has 2 unspecified atom stereocenters. The van der Waals surface area contributed by atoms with E-state index in [9.17, 15) is 14.4 Å². The summed E-state index contributed by atoms with van der Waals surface area (Å²) in [6.45, 7) is 5.26. The molecule has 0 spiro atoms. The number of benzene rings is 1. The first-order chi connectivity index (χ1) is 12.7. The first kappa shape index (κ1) is 19.0. The highest BCUT2D eigenvalue weighted by Crippen LogP contribution is 2.35. The molecule has 0 bridgehead atoms. The van der Waals surface area contributed by atoms with E-state index in [2.05, 4.69) is 0 Å². The van der Waals surface area contributed by atoms with E-state index < -0.39 is 35.5 Å². The molecule has 0 radical (unpaired) electrons. The van der Waals surface area contributed by atoms with Crippen LogP contribution in [0, 0.1) is 5.92 Å². The van der Waals surface area contributed by atoms with Gasteiger partial charge in [-0.2, -0.15) is 0 Å². The number of methoxy groups -OCH3 is 1. The number of carbonyl (C=O) groups is 3. The van der Waals surface area contributed by atoms with E-state index in [0.29, 0.717) is 17.9 Å². The van der Waals surface area contributed by atoms with Crippen LogP contribution >= 0.6 is 0 Å². The molecule has 3 rings (SSSR count). The Balaban J connectivity index is 1.79. The molecule has 8 nitrogen and oxygen atoms in total. The van der Waals surface area contributed by atoms with Gasteiger partial charge in [-0.1, -0.05) is 6.07 Å². The highest BCUT2D eigenvalue weighted by molar-refractivity contribution is 6.00. The van der Waals surface area contributed by atoms with Gasteiger partial charge in [0.15, 0.2) is 11.5 Å². The maximum absolute atomic E-state index is 12.9. The van der Waals surface area contributed by atoms with Gasteiger partial charge in [0.05, 0.1) is 7.11 Å². The van der Waals surface area contributed by atoms with E-state index in [-0.39, 0.29) is 13.2 Å². The van der Waals surface area contributed by atoms with Crippen molar-refractivity contribution >= 4 is 18.0 Å². The lowest BCUT2D eigenvalue weighted by Gasteiger charge is -2.26. The van der Waals surface area contributed by atoms with Gasteiger partial charge in [0, 0.05) is 5.92 Å². The van der Waals surface area contributed by atoms with Crippen molar-refractivity contribution in [2.75, 3.05) is 13.9 Å². The van der Waals surface area contributed by atoms with Gasteiger partial charge in [0.1, 0.15) is 11.6 Å². The van der Waals surface area contributed by atoms with Crippen molar-refractivity contribution in [3.05, 3.63) is 23.8 Å². The lowest BCUT2D eigenvalue weighted by atomic mass is 9.96. The topological polar surface area (TPSA) is 91.4 Å². The number of fused-ring (bicyclic) bond motifs is 1. The lowest BCUT2D eigenvalue weighted by molar-refractivity contribution is -0.148. The normalized spacial score (nSPS) is 21.3. The zero-order valence-electron chi connectivity index (χ0n) is 15.8. The van der Waals surface area contributed by atoms with Crippen molar-refractivity contribution in [3.63, 3.8) is 0 Å². The van der Waals surface area contributed by atoms with Crippen LogP contribution in [0.4, 0.5) is 4.79 Å². The molecule has 1 aromatic carbocycles. The third-order valence-electron chi connectivity index (χ3n) is 4.39. The quantitative estimate of drug-likeness (QED) is 0.746. The fraction of sp³-hybridized carbons (Fsp3) is 0.526. The van der Waals surface area contributed by atoms with Crippen molar-refractivity contribution < 1.29 is 33.3 Å². The molecule has 8 heteroatoms. The molecule has 0 saturated carbocycles. The van der Waals surface area contributed by atoms with Gasteiger partial charge in [0.25, 0.3) is 0 Å². The number of hydrogen-bond donors (Lipinski definition) is 0. The van der Waals surface area contributed by atoms with Crippen LogP contribution in [0.2, 0.25) is 0 Å². The summed E-state index contributed by atoms with van der Waals surface area (Å²) in [6, 6.07) is 4.43. The minimum Gasteiger partial charge on any atom is -0.467 e. The van der Waals surface area contributed by atoms with Gasteiger partial charge in [-0.25, -0.2) is 14.5 Å². The number of nitrogens with zero attached hydrogens (tertiary/aromatic N) is 1. The van der Waals surface area contributed by atoms with E-state index in [1.807, 2.05) is 6.07 Å². The number of carbonyl (C=O) groups excluding carboxylic acids is 3. The third kappa shape index (κ3) is 3.99. The van der Waals surface area contributed by atoms with Gasteiger partial charge in [-0.15, -0.1) is 0 Å². The minimum atomic E-state index is -0.989. The molecule has 146 valence electrons. The van der Waals surface area contributed by atoms with Crippen LogP contribution in [0.25, 0.3) is 0 Å². The Hall–Kier alpha value is -2.77. The predicted molar refractivity (Wildman–Crippen MR) is 93.3 cm³/mol. The molecule has 0 N–H and O–H groups in total. The number of amides is 2. The van der Waals surface area contributed by atoms with E-state index in [0.717, 1.165) is 10.5 Å². The smallest absolute Gasteiger partial charge is 0.417 e. The van der Waals surface area contributed by atoms with Crippen molar-refractivity contribution in [2.45, 2.75) is 45.3 Å². The van der Waals surface area contributed by atoms with Crippen LogP contribution in [0.1, 0.15) is 32.8 Å². The van der Waals surface area contributed by atoms with E-state index in [1.54, 1.807) is 32.9 Å². The molecule has 27 heavy (non-hydrogen) atoms. The molecule has 1 fully saturated rings. The maximum atomic E-state index is 12.9. The second kappa shape index (κ2) is 7.09. The van der Waals surface area contributed by atoms with E-state index in [4.69, 9.17) is 18.9 Å². The predicted octanol–water partition coefficient (Wildman–Crippen LogP) is 2.28. The zero-order chi connectivity index (χ0) is 19.8. The Labute approximate surface area is 157 Å². The van der Waals surface area contributed by atoms with Gasteiger partial charge >= 0.3 is 12.1 Å². The van der Waals surface area contributed by atoms with Crippen LogP contribution < -0.4 is 9.47 Å². The SMILES string of the molecule is COC(=O)C1CC(Cc2ccc3c(c2)OCO3)C(=O)N1C(=O)OC(C)(C)C. The molecule has 2 aliphatic rings. The summed E-state index contributed by atoms with van der Waals surface area (Å²) < 4.78 is 20.7. The van der Waals surface area contributed by atoms with Gasteiger partial charge in [0.2, 0.25) is 12.7 Å². The Kier molecular flexibility index (Phi) is 4.99. The van der Waals surface area contributed by atoms with Crippen molar-refractivity contribution in [3.8, 4) is 11.5 Å². The third-order valence-corrected chi connectivity index (χ3v) is 4.39. The average molecular weight is 377 g/mol. The van der Waals surface area contributed by atoms with Crippen molar-refractivity contribution in [1.29, 1.82) is 0 Å². The Bertz CT molecular complexity index is 768. The summed E-state index contributed by atoms with van der Waals surface area (Å²) in [5.41, 5.74) is 0.0697. The average Bonchev–Trinajstić information content (AvgIpc) is 3.17. The highest BCUT2D eigenvalue weighted by atomic mass is 16.7. The van der Waals surface area contributed by atoms with Crippen LogP contribution in [-0.4, -0.2) is 48.4 Å². The molecule has 2 amide bonds. The number of esters is 1. The summed E-state index contributed by atoms with van der Waals surface area (Å²) >= 11 is 0. The first-order valence-corrected chi connectivity index (χ1v) is 8.72. The number of ether oxygens (including phenoxy) is 4. The summed E-state index contributed by atoms with van der Waals surface area (Å²) in [5, 5.41) is 0. The number of hydrogen-bond acceptors (Lipinski definition) is 7. The molecule has 1 aromatic rings. The molecule has 2 heterocycles. The maximum Gasteiger partial charge on any atom is 0.417 e. The van der Waals surface area contributed by atoms with Crippen molar-refractivity contribution in [2.24, 2.45) is 5.92 Å². The van der Waals surface area contributed by atoms with Gasteiger partial charge in [-0.3, -0.25) is 4.79 Å². The molecule has 0 aliphatic carbocycles. The van der Waals surface area contributed by atoms with E-state index in [1.165, 1.54) is 7.11 Å². The second-order valence-electron chi connectivity index (χ2n) is 7.55. The summed E-state index contributed by atoms with van der Waals surface area (Å²) in [6.07, 6.45) is -0.294. The number of imide groups is 1. The van der Waals surface area contributed by atoms with Crippen LogP contribution in [-0.2, 0) is 25.5 Å². The Morgan fingerprint density at radius 2 is 1.93 bits per heavy atom. The number of likely N-dealkylation sites (tertiary alicyclic amines) is 1. The fourth-order valence-electron chi connectivity index (χ4n) is 3.22. The summed E-state index contributed by atoms with van der Waals surface area (Å²) in [4.78, 5) is 38.4. The first-order valence-electron chi connectivity index (χ1n) is 8.72. The Morgan fingerprint density at radius 3 is 2.59 bits per heavy atom. The van der Waals surface area contributed by atoms with Gasteiger partial charge < -0.3 is 18.9 Å².